The SMILES string of the molecule is O=S(=O)(NCCCCCCCCNS(=O)(=O)c1ccc(F)cc1)c1ccc(F)cc1. The summed E-state index contributed by atoms with van der Waals surface area (Å²) in [4.78, 5) is 0.0685. The van der Waals surface area contributed by atoms with Crippen LogP contribution in [-0.2, 0) is 20.0 Å². The van der Waals surface area contributed by atoms with E-state index in [4.69, 9.17) is 0 Å². The highest BCUT2D eigenvalue weighted by atomic mass is 32.2. The van der Waals surface area contributed by atoms with Gasteiger partial charge in [-0.1, -0.05) is 25.7 Å². The lowest BCUT2D eigenvalue weighted by atomic mass is 10.1. The van der Waals surface area contributed by atoms with Crippen LogP contribution in [0.3, 0.4) is 0 Å². The molecule has 0 unspecified atom stereocenters. The molecule has 2 N–H and O–H groups in total. The molecule has 0 aliphatic rings. The van der Waals surface area contributed by atoms with Gasteiger partial charge in [0.1, 0.15) is 11.6 Å². The number of sulfonamides is 2. The van der Waals surface area contributed by atoms with Gasteiger partial charge in [0, 0.05) is 13.1 Å². The zero-order valence-electron chi connectivity index (χ0n) is 16.5. The molecule has 166 valence electrons. The van der Waals surface area contributed by atoms with Gasteiger partial charge in [-0.15, -0.1) is 0 Å². The monoisotopic (exact) mass is 460 g/mol. The molecule has 0 saturated carbocycles. The maximum Gasteiger partial charge on any atom is 0.240 e. The van der Waals surface area contributed by atoms with Crippen molar-refractivity contribution in [3.8, 4) is 0 Å². The van der Waals surface area contributed by atoms with E-state index in [2.05, 4.69) is 9.44 Å². The molecule has 0 atom stereocenters. The van der Waals surface area contributed by atoms with Crippen molar-refractivity contribution in [2.75, 3.05) is 13.1 Å². The predicted octanol–water partition coefficient (Wildman–Crippen LogP) is 3.56. The maximum absolute atomic E-state index is 12.9. The molecule has 10 heteroatoms. The van der Waals surface area contributed by atoms with E-state index in [1.807, 2.05) is 0 Å². The summed E-state index contributed by atoms with van der Waals surface area (Å²) < 4.78 is 78.9. The van der Waals surface area contributed by atoms with E-state index in [9.17, 15) is 25.6 Å². The highest BCUT2D eigenvalue weighted by Gasteiger charge is 2.13. The lowest BCUT2D eigenvalue weighted by Gasteiger charge is -2.08. The Labute approximate surface area is 176 Å². The van der Waals surface area contributed by atoms with E-state index in [1.165, 1.54) is 24.3 Å². The molecule has 2 aromatic carbocycles. The molecule has 0 aliphatic heterocycles. The molecule has 0 spiro atoms. The zero-order chi connectivity index (χ0) is 22.0. The second-order valence-electron chi connectivity index (χ2n) is 6.82. The molecule has 6 nitrogen and oxygen atoms in total. The van der Waals surface area contributed by atoms with Crippen LogP contribution in [0.2, 0.25) is 0 Å². The number of unbranched alkanes of at least 4 members (excludes halogenated alkanes) is 5. The molecule has 0 fully saturated rings. The van der Waals surface area contributed by atoms with Crippen molar-refractivity contribution < 1.29 is 25.6 Å². The Kier molecular flexibility index (Phi) is 9.35. The molecular formula is C20H26F2N2O4S2. The molecule has 0 heterocycles. The summed E-state index contributed by atoms with van der Waals surface area (Å²) in [5.41, 5.74) is 0. The van der Waals surface area contributed by atoms with Crippen LogP contribution in [0.1, 0.15) is 38.5 Å². The number of hydrogen-bond acceptors (Lipinski definition) is 4. The van der Waals surface area contributed by atoms with Gasteiger partial charge in [0.25, 0.3) is 0 Å². The number of hydrogen-bond donors (Lipinski definition) is 2. The van der Waals surface area contributed by atoms with Crippen LogP contribution >= 0.6 is 0 Å². The Morgan fingerprint density at radius 2 is 0.833 bits per heavy atom. The average molecular weight is 461 g/mol. The summed E-state index contributed by atoms with van der Waals surface area (Å²) in [6.07, 6.45) is 4.85. The zero-order valence-corrected chi connectivity index (χ0v) is 18.1. The Balaban J connectivity index is 1.54. The fourth-order valence-corrected chi connectivity index (χ4v) is 4.91. The normalized spacial score (nSPS) is 12.2. The van der Waals surface area contributed by atoms with E-state index < -0.39 is 31.7 Å². The molecule has 0 bridgehead atoms. The van der Waals surface area contributed by atoms with Gasteiger partial charge in [-0.2, -0.15) is 0 Å². The van der Waals surface area contributed by atoms with Gasteiger partial charge < -0.3 is 0 Å². The van der Waals surface area contributed by atoms with Crippen LogP contribution in [0.5, 0.6) is 0 Å². The van der Waals surface area contributed by atoms with E-state index in [-0.39, 0.29) is 9.79 Å². The molecule has 2 rings (SSSR count). The number of rotatable bonds is 13. The van der Waals surface area contributed by atoms with Crippen LogP contribution in [0.25, 0.3) is 0 Å². The molecule has 2 aromatic rings. The second kappa shape index (κ2) is 11.5. The minimum atomic E-state index is -3.62. The third-order valence-electron chi connectivity index (χ3n) is 4.44. The molecule has 0 radical (unpaired) electrons. The first-order valence-electron chi connectivity index (χ1n) is 9.71. The molecule has 0 aliphatic carbocycles. The predicted molar refractivity (Wildman–Crippen MR) is 111 cm³/mol. The van der Waals surface area contributed by atoms with Crippen molar-refractivity contribution in [1.29, 1.82) is 0 Å². The van der Waals surface area contributed by atoms with Gasteiger partial charge in [0.15, 0.2) is 0 Å². The third-order valence-corrected chi connectivity index (χ3v) is 7.39. The van der Waals surface area contributed by atoms with E-state index in [0.29, 0.717) is 25.9 Å². The third kappa shape index (κ3) is 8.10. The van der Waals surface area contributed by atoms with E-state index in [0.717, 1.165) is 49.9 Å². The Morgan fingerprint density at radius 3 is 1.17 bits per heavy atom. The average Bonchev–Trinajstić information content (AvgIpc) is 2.70. The maximum atomic E-state index is 12.9. The quantitative estimate of drug-likeness (QED) is 0.447. The number of nitrogens with one attached hydrogen (secondary N) is 2. The number of halogens is 2. The van der Waals surface area contributed by atoms with Crippen molar-refractivity contribution in [2.45, 2.75) is 48.3 Å². The summed E-state index contributed by atoms with van der Waals surface area (Å²) in [5, 5.41) is 0. The van der Waals surface area contributed by atoms with Gasteiger partial charge in [0.05, 0.1) is 9.79 Å². The molecular weight excluding hydrogens is 434 g/mol. The van der Waals surface area contributed by atoms with Gasteiger partial charge in [-0.05, 0) is 61.4 Å². The van der Waals surface area contributed by atoms with Crippen molar-refractivity contribution in [1.82, 2.24) is 9.44 Å². The Bertz CT molecular complexity index is 911. The highest BCUT2D eigenvalue weighted by molar-refractivity contribution is 7.89. The van der Waals surface area contributed by atoms with Gasteiger partial charge in [-0.3, -0.25) is 0 Å². The molecule has 0 saturated heterocycles. The van der Waals surface area contributed by atoms with Crippen molar-refractivity contribution in [3.63, 3.8) is 0 Å². The fourth-order valence-electron chi connectivity index (χ4n) is 2.76. The Hall–Kier alpha value is -1.88. The van der Waals surface area contributed by atoms with Crippen LogP contribution < -0.4 is 9.44 Å². The van der Waals surface area contributed by atoms with Gasteiger partial charge in [0.2, 0.25) is 20.0 Å². The highest BCUT2D eigenvalue weighted by Crippen LogP contribution is 2.11. The molecule has 0 aromatic heterocycles. The van der Waals surface area contributed by atoms with Gasteiger partial charge >= 0.3 is 0 Å². The standard InChI is InChI=1S/C20H26F2N2O4S2/c21-17-7-11-19(12-8-17)29(25,26)23-15-5-3-1-2-4-6-16-24-30(27,28)20-13-9-18(22)10-14-20/h7-14,23-24H,1-6,15-16H2. The largest absolute Gasteiger partial charge is 0.240 e. The Morgan fingerprint density at radius 1 is 0.533 bits per heavy atom. The van der Waals surface area contributed by atoms with Crippen LogP contribution in [0.15, 0.2) is 58.3 Å². The first kappa shape index (κ1) is 24.4. The summed E-state index contributed by atoms with van der Waals surface area (Å²) >= 11 is 0. The van der Waals surface area contributed by atoms with Crippen molar-refractivity contribution >= 4 is 20.0 Å². The van der Waals surface area contributed by atoms with Crippen LogP contribution in [0.4, 0.5) is 8.78 Å². The minimum absolute atomic E-state index is 0.0342. The first-order chi connectivity index (χ1) is 14.2. The smallest absolute Gasteiger partial charge is 0.211 e. The first-order valence-corrected chi connectivity index (χ1v) is 12.7. The van der Waals surface area contributed by atoms with Gasteiger partial charge in [-0.25, -0.2) is 35.1 Å². The fraction of sp³-hybridized carbons (Fsp3) is 0.400. The summed E-state index contributed by atoms with van der Waals surface area (Å²) in [5.74, 6) is -0.977. The molecule has 0 amide bonds. The van der Waals surface area contributed by atoms with E-state index >= 15 is 0 Å². The lowest BCUT2D eigenvalue weighted by Crippen LogP contribution is -2.25. The van der Waals surface area contributed by atoms with Crippen molar-refractivity contribution in [2.24, 2.45) is 0 Å². The molecule has 30 heavy (non-hydrogen) atoms. The summed E-state index contributed by atoms with van der Waals surface area (Å²) in [6, 6.07) is 9.32. The van der Waals surface area contributed by atoms with Crippen LogP contribution in [-0.4, -0.2) is 29.9 Å². The summed E-state index contributed by atoms with van der Waals surface area (Å²) in [7, 11) is -7.25. The van der Waals surface area contributed by atoms with E-state index in [1.54, 1.807) is 0 Å². The number of benzene rings is 2. The second-order valence-corrected chi connectivity index (χ2v) is 10.4. The van der Waals surface area contributed by atoms with Crippen LogP contribution in [0, 0.1) is 11.6 Å². The topological polar surface area (TPSA) is 92.3 Å². The summed E-state index contributed by atoms with van der Waals surface area (Å²) in [6.45, 7) is 0.606. The minimum Gasteiger partial charge on any atom is -0.211 e. The van der Waals surface area contributed by atoms with Crippen molar-refractivity contribution in [3.05, 3.63) is 60.2 Å². The lowest BCUT2D eigenvalue weighted by molar-refractivity contribution is 0.556.